The standard InChI is InChI=1S/C13H13NO/c1-8-7-14-11-6-12(15)9-4-2-3-5-10(9)13(8)11/h2-6,8,14-15H,7H2,1H3. The van der Waals surface area contributed by atoms with Crippen LogP contribution >= 0.6 is 0 Å². The van der Waals surface area contributed by atoms with Gasteiger partial charge in [-0.3, -0.25) is 0 Å². The van der Waals surface area contributed by atoms with E-state index in [0.717, 1.165) is 17.6 Å². The fraction of sp³-hybridized carbons (Fsp3) is 0.231. The van der Waals surface area contributed by atoms with Crippen LogP contribution in [0, 0.1) is 0 Å². The van der Waals surface area contributed by atoms with E-state index in [4.69, 9.17) is 0 Å². The molecule has 0 fully saturated rings. The average molecular weight is 199 g/mol. The molecule has 2 nitrogen and oxygen atoms in total. The first-order chi connectivity index (χ1) is 7.27. The van der Waals surface area contributed by atoms with Gasteiger partial charge in [0.2, 0.25) is 0 Å². The fourth-order valence-corrected chi connectivity index (χ4v) is 2.42. The summed E-state index contributed by atoms with van der Waals surface area (Å²) in [7, 11) is 0. The number of phenols is 1. The van der Waals surface area contributed by atoms with Crippen LogP contribution in [0.4, 0.5) is 5.69 Å². The minimum absolute atomic E-state index is 0.367. The molecule has 0 saturated carbocycles. The summed E-state index contributed by atoms with van der Waals surface area (Å²) in [6.07, 6.45) is 0. The molecule has 0 saturated heterocycles. The lowest BCUT2D eigenvalue weighted by Crippen LogP contribution is -1.96. The molecule has 1 aliphatic rings. The molecule has 3 rings (SSSR count). The molecule has 0 aromatic heterocycles. The molecule has 2 aromatic rings. The maximum atomic E-state index is 9.88. The molecule has 1 heterocycles. The van der Waals surface area contributed by atoms with E-state index in [-0.39, 0.29) is 0 Å². The number of hydrogen-bond acceptors (Lipinski definition) is 2. The zero-order valence-corrected chi connectivity index (χ0v) is 8.62. The largest absolute Gasteiger partial charge is 0.507 e. The molecular formula is C13H13NO. The van der Waals surface area contributed by atoms with E-state index in [2.05, 4.69) is 18.3 Å². The lowest BCUT2D eigenvalue weighted by molar-refractivity contribution is 0.482. The third-order valence-corrected chi connectivity index (χ3v) is 3.16. The number of phenolic OH excluding ortho intramolecular Hbond substituents is 1. The first-order valence-electron chi connectivity index (χ1n) is 5.26. The van der Waals surface area contributed by atoms with Gasteiger partial charge in [0, 0.05) is 29.6 Å². The molecule has 0 aliphatic carbocycles. The first kappa shape index (κ1) is 8.60. The molecule has 1 aliphatic heterocycles. The topological polar surface area (TPSA) is 32.3 Å². The molecule has 15 heavy (non-hydrogen) atoms. The Kier molecular flexibility index (Phi) is 1.66. The summed E-state index contributed by atoms with van der Waals surface area (Å²) < 4.78 is 0. The molecular weight excluding hydrogens is 186 g/mol. The van der Waals surface area contributed by atoms with Crippen molar-refractivity contribution in [1.82, 2.24) is 0 Å². The highest BCUT2D eigenvalue weighted by atomic mass is 16.3. The van der Waals surface area contributed by atoms with Crippen LogP contribution in [0.2, 0.25) is 0 Å². The summed E-state index contributed by atoms with van der Waals surface area (Å²) in [5.41, 5.74) is 2.42. The SMILES string of the molecule is CC1CNc2cc(O)c3ccccc3c21. The maximum absolute atomic E-state index is 9.88. The van der Waals surface area contributed by atoms with E-state index >= 15 is 0 Å². The van der Waals surface area contributed by atoms with Crippen molar-refractivity contribution in [3.05, 3.63) is 35.9 Å². The minimum atomic E-state index is 0.367. The van der Waals surface area contributed by atoms with Gasteiger partial charge in [0.25, 0.3) is 0 Å². The summed E-state index contributed by atoms with van der Waals surface area (Å²) >= 11 is 0. The molecule has 2 aromatic carbocycles. The van der Waals surface area contributed by atoms with Gasteiger partial charge in [0.05, 0.1) is 0 Å². The average Bonchev–Trinajstić information content (AvgIpc) is 2.61. The van der Waals surface area contributed by atoms with Crippen molar-refractivity contribution in [2.24, 2.45) is 0 Å². The van der Waals surface area contributed by atoms with E-state index in [1.165, 1.54) is 10.9 Å². The molecule has 76 valence electrons. The Morgan fingerprint density at radius 1 is 1.27 bits per heavy atom. The minimum Gasteiger partial charge on any atom is -0.507 e. The van der Waals surface area contributed by atoms with Crippen molar-refractivity contribution in [2.75, 3.05) is 11.9 Å². The van der Waals surface area contributed by atoms with Crippen molar-refractivity contribution < 1.29 is 5.11 Å². The van der Waals surface area contributed by atoms with Crippen molar-refractivity contribution in [3.8, 4) is 5.75 Å². The smallest absolute Gasteiger partial charge is 0.125 e. The molecule has 0 radical (unpaired) electrons. The molecule has 1 unspecified atom stereocenters. The van der Waals surface area contributed by atoms with Crippen LogP contribution in [0.25, 0.3) is 10.8 Å². The van der Waals surface area contributed by atoms with Crippen LogP contribution in [0.5, 0.6) is 5.75 Å². The molecule has 0 amide bonds. The number of hydrogen-bond donors (Lipinski definition) is 2. The summed E-state index contributed by atoms with van der Waals surface area (Å²) in [5, 5.41) is 15.3. The molecule has 0 spiro atoms. The van der Waals surface area contributed by atoms with E-state index in [9.17, 15) is 5.11 Å². The van der Waals surface area contributed by atoms with Gasteiger partial charge in [-0.15, -0.1) is 0 Å². The second kappa shape index (κ2) is 2.89. The van der Waals surface area contributed by atoms with Gasteiger partial charge in [0.15, 0.2) is 0 Å². The number of aromatic hydroxyl groups is 1. The van der Waals surface area contributed by atoms with Crippen LogP contribution in [-0.4, -0.2) is 11.7 Å². The first-order valence-corrected chi connectivity index (χ1v) is 5.26. The van der Waals surface area contributed by atoms with Gasteiger partial charge in [-0.2, -0.15) is 0 Å². The predicted octanol–water partition coefficient (Wildman–Crippen LogP) is 3.07. The Morgan fingerprint density at radius 2 is 2.00 bits per heavy atom. The fourth-order valence-electron chi connectivity index (χ4n) is 2.42. The van der Waals surface area contributed by atoms with Crippen molar-refractivity contribution in [3.63, 3.8) is 0 Å². The Bertz CT molecular complexity index is 533. The second-order valence-electron chi connectivity index (χ2n) is 4.18. The summed E-state index contributed by atoms with van der Waals surface area (Å²) in [6, 6.07) is 9.86. The van der Waals surface area contributed by atoms with E-state index < -0.39 is 0 Å². The molecule has 2 N–H and O–H groups in total. The number of fused-ring (bicyclic) bond motifs is 3. The third-order valence-electron chi connectivity index (χ3n) is 3.16. The molecule has 2 heteroatoms. The highest BCUT2D eigenvalue weighted by Gasteiger charge is 2.21. The zero-order valence-electron chi connectivity index (χ0n) is 8.62. The summed E-state index contributed by atoms with van der Waals surface area (Å²) in [4.78, 5) is 0. The van der Waals surface area contributed by atoms with Gasteiger partial charge >= 0.3 is 0 Å². The number of anilines is 1. The van der Waals surface area contributed by atoms with Gasteiger partial charge in [-0.1, -0.05) is 31.2 Å². The van der Waals surface area contributed by atoms with E-state index in [0.29, 0.717) is 11.7 Å². The van der Waals surface area contributed by atoms with Crippen LogP contribution in [-0.2, 0) is 0 Å². The quantitative estimate of drug-likeness (QED) is 0.683. The number of rotatable bonds is 0. The van der Waals surface area contributed by atoms with Gasteiger partial charge in [-0.05, 0) is 10.9 Å². The van der Waals surface area contributed by atoms with E-state index in [1.54, 1.807) is 0 Å². The Balaban J connectivity index is 2.45. The van der Waals surface area contributed by atoms with Crippen LogP contribution < -0.4 is 5.32 Å². The van der Waals surface area contributed by atoms with Gasteiger partial charge in [0.1, 0.15) is 5.75 Å². The molecule has 0 bridgehead atoms. The van der Waals surface area contributed by atoms with Crippen LogP contribution in [0.1, 0.15) is 18.4 Å². The predicted molar refractivity (Wildman–Crippen MR) is 62.5 cm³/mol. The van der Waals surface area contributed by atoms with Crippen LogP contribution in [0.15, 0.2) is 30.3 Å². The second-order valence-corrected chi connectivity index (χ2v) is 4.18. The molecule has 1 atom stereocenters. The monoisotopic (exact) mass is 199 g/mol. The maximum Gasteiger partial charge on any atom is 0.125 e. The lowest BCUT2D eigenvalue weighted by atomic mass is 9.96. The highest BCUT2D eigenvalue weighted by molar-refractivity contribution is 5.96. The number of nitrogens with one attached hydrogen (secondary N) is 1. The highest BCUT2D eigenvalue weighted by Crippen LogP contribution is 2.41. The number of benzene rings is 2. The summed E-state index contributed by atoms with van der Waals surface area (Å²) in [5.74, 6) is 0.886. The third kappa shape index (κ3) is 1.11. The van der Waals surface area contributed by atoms with E-state index in [1.807, 2.05) is 24.3 Å². The normalized spacial score (nSPS) is 18.9. The summed E-state index contributed by atoms with van der Waals surface area (Å²) in [6.45, 7) is 3.17. The zero-order chi connectivity index (χ0) is 10.4. The van der Waals surface area contributed by atoms with Gasteiger partial charge < -0.3 is 10.4 Å². The Hall–Kier alpha value is -1.70. The lowest BCUT2D eigenvalue weighted by Gasteiger charge is -2.09. The van der Waals surface area contributed by atoms with Crippen LogP contribution in [0.3, 0.4) is 0 Å². The Morgan fingerprint density at radius 3 is 2.80 bits per heavy atom. The van der Waals surface area contributed by atoms with Crippen molar-refractivity contribution in [2.45, 2.75) is 12.8 Å². The van der Waals surface area contributed by atoms with Crippen molar-refractivity contribution >= 4 is 16.5 Å². The van der Waals surface area contributed by atoms with Gasteiger partial charge in [-0.25, -0.2) is 0 Å². The Labute approximate surface area is 88.5 Å². The van der Waals surface area contributed by atoms with Crippen molar-refractivity contribution in [1.29, 1.82) is 0 Å².